The van der Waals surface area contributed by atoms with E-state index in [4.69, 9.17) is 38.1 Å². The SMILES string of the molecule is Nc1nnc(/C=C/c2ccc(OCc3ccc(Cl)cc3Cl)c(I)c2)o1. The van der Waals surface area contributed by atoms with Crippen molar-refractivity contribution >= 4 is 64.0 Å². The van der Waals surface area contributed by atoms with Crippen LogP contribution in [0.2, 0.25) is 10.0 Å². The van der Waals surface area contributed by atoms with Gasteiger partial charge >= 0.3 is 6.01 Å². The third kappa shape index (κ3) is 4.87. The van der Waals surface area contributed by atoms with Gasteiger partial charge in [0.25, 0.3) is 0 Å². The second kappa shape index (κ2) is 8.07. The molecule has 0 aliphatic heterocycles. The first-order valence-electron chi connectivity index (χ1n) is 7.14. The average Bonchev–Trinajstić information content (AvgIpc) is 2.99. The van der Waals surface area contributed by atoms with E-state index < -0.39 is 0 Å². The molecule has 0 fully saturated rings. The van der Waals surface area contributed by atoms with Crippen molar-refractivity contribution in [2.24, 2.45) is 0 Å². The lowest BCUT2D eigenvalue weighted by molar-refractivity contribution is 0.304. The maximum absolute atomic E-state index is 6.16. The van der Waals surface area contributed by atoms with Crippen molar-refractivity contribution < 1.29 is 9.15 Å². The zero-order valence-corrected chi connectivity index (χ0v) is 16.4. The Bertz CT molecular complexity index is 928. The first kappa shape index (κ1) is 18.0. The molecule has 3 aromatic rings. The minimum Gasteiger partial charge on any atom is -0.488 e. The Morgan fingerprint density at radius 3 is 2.64 bits per heavy atom. The number of halogens is 3. The molecular formula is C17H12Cl2IN3O2. The molecule has 8 heteroatoms. The van der Waals surface area contributed by atoms with Crippen LogP contribution in [0.5, 0.6) is 5.75 Å². The van der Waals surface area contributed by atoms with Crippen LogP contribution in [0.4, 0.5) is 6.01 Å². The summed E-state index contributed by atoms with van der Waals surface area (Å²) in [6.07, 6.45) is 3.55. The van der Waals surface area contributed by atoms with E-state index in [0.29, 0.717) is 22.5 Å². The maximum Gasteiger partial charge on any atom is 0.313 e. The van der Waals surface area contributed by atoms with Gasteiger partial charge in [0.1, 0.15) is 12.4 Å². The molecular weight excluding hydrogens is 476 g/mol. The lowest BCUT2D eigenvalue weighted by Crippen LogP contribution is -1.98. The van der Waals surface area contributed by atoms with E-state index in [2.05, 4.69) is 32.8 Å². The Kier molecular flexibility index (Phi) is 5.82. The number of nitrogens with zero attached hydrogens (tertiary/aromatic N) is 2. The van der Waals surface area contributed by atoms with Crippen LogP contribution in [0.3, 0.4) is 0 Å². The Hall–Kier alpha value is -1.77. The Morgan fingerprint density at radius 2 is 1.96 bits per heavy atom. The molecule has 0 aliphatic rings. The molecule has 0 unspecified atom stereocenters. The number of benzene rings is 2. The number of aromatic nitrogens is 2. The van der Waals surface area contributed by atoms with Gasteiger partial charge in [-0.2, -0.15) is 0 Å². The lowest BCUT2D eigenvalue weighted by atomic mass is 10.2. The van der Waals surface area contributed by atoms with Crippen molar-refractivity contribution in [3.05, 3.63) is 67.0 Å². The summed E-state index contributed by atoms with van der Waals surface area (Å²) in [6.45, 7) is 0.364. The summed E-state index contributed by atoms with van der Waals surface area (Å²) < 4.78 is 11.9. The first-order chi connectivity index (χ1) is 12.0. The van der Waals surface area contributed by atoms with Crippen molar-refractivity contribution in [1.82, 2.24) is 10.2 Å². The fourth-order valence-electron chi connectivity index (χ4n) is 2.01. The van der Waals surface area contributed by atoms with Crippen molar-refractivity contribution in [2.45, 2.75) is 6.61 Å². The van der Waals surface area contributed by atoms with Gasteiger partial charge in [-0.3, -0.25) is 0 Å². The molecule has 1 aromatic heterocycles. The van der Waals surface area contributed by atoms with Crippen LogP contribution in [-0.2, 0) is 6.61 Å². The minimum atomic E-state index is 0.0406. The van der Waals surface area contributed by atoms with E-state index in [-0.39, 0.29) is 6.01 Å². The van der Waals surface area contributed by atoms with Crippen molar-refractivity contribution in [3.63, 3.8) is 0 Å². The minimum absolute atomic E-state index is 0.0406. The van der Waals surface area contributed by atoms with Gasteiger partial charge in [-0.25, -0.2) is 0 Å². The lowest BCUT2D eigenvalue weighted by Gasteiger charge is -2.10. The molecule has 2 aromatic carbocycles. The van der Waals surface area contributed by atoms with E-state index in [0.717, 1.165) is 20.4 Å². The highest BCUT2D eigenvalue weighted by atomic mass is 127. The molecule has 3 rings (SSSR count). The van der Waals surface area contributed by atoms with Gasteiger partial charge in [0.2, 0.25) is 5.89 Å². The van der Waals surface area contributed by atoms with Crippen LogP contribution in [0.15, 0.2) is 40.8 Å². The van der Waals surface area contributed by atoms with E-state index in [1.807, 2.05) is 30.3 Å². The average molecular weight is 488 g/mol. The van der Waals surface area contributed by atoms with Crippen LogP contribution in [-0.4, -0.2) is 10.2 Å². The van der Waals surface area contributed by atoms with Gasteiger partial charge < -0.3 is 14.9 Å². The summed E-state index contributed by atoms with van der Waals surface area (Å²) in [5.41, 5.74) is 7.23. The molecule has 0 amide bonds. The summed E-state index contributed by atoms with van der Waals surface area (Å²) >= 11 is 14.3. The monoisotopic (exact) mass is 487 g/mol. The van der Waals surface area contributed by atoms with E-state index in [9.17, 15) is 0 Å². The van der Waals surface area contributed by atoms with Crippen molar-refractivity contribution in [2.75, 3.05) is 5.73 Å². The molecule has 0 aliphatic carbocycles. The predicted molar refractivity (Wildman–Crippen MR) is 108 cm³/mol. The van der Waals surface area contributed by atoms with Crippen LogP contribution in [0.1, 0.15) is 17.0 Å². The Balaban J connectivity index is 1.68. The third-order valence-electron chi connectivity index (χ3n) is 3.23. The van der Waals surface area contributed by atoms with Gasteiger partial charge in [0.15, 0.2) is 0 Å². The number of nitrogens with two attached hydrogens (primary N) is 1. The van der Waals surface area contributed by atoms with Crippen LogP contribution < -0.4 is 10.5 Å². The van der Waals surface area contributed by atoms with Crippen molar-refractivity contribution in [3.8, 4) is 5.75 Å². The summed E-state index contributed by atoms with van der Waals surface area (Å²) in [7, 11) is 0. The summed E-state index contributed by atoms with van der Waals surface area (Å²) in [5.74, 6) is 1.12. The standard InChI is InChI=1S/C17H12Cl2IN3O2/c18-12-4-3-11(13(19)8-12)9-24-15-5-1-10(7-14(15)20)2-6-16-22-23-17(21)25-16/h1-8H,9H2,(H2,21,23)/b6-2+. The maximum atomic E-state index is 6.16. The van der Waals surface area contributed by atoms with E-state index in [1.54, 1.807) is 18.2 Å². The van der Waals surface area contributed by atoms with Gasteiger partial charge in [-0.15, -0.1) is 5.10 Å². The molecule has 25 heavy (non-hydrogen) atoms. The number of rotatable bonds is 5. The topological polar surface area (TPSA) is 74.2 Å². The van der Waals surface area contributed by atoms with Gasteiger partial charge in [0.05, 0.1) is 3.57 Å². The Labute approximate surface area is 167 Å². The molecule has 0 radical (unpaired) electrons. The van der Waals surface area contributed by atoms with Gasteiger partial charge in [-0.05, 0) is 58.5 Å². The predicted octanol–water partition coefficient (Wildman–Crippen LogP) is 5.31. The molecule has 2 N–H and O–H groups in total. The van der Waals surface area contributed by atoms with E-state index >= 15 is 0 Å². The quantitative estimate of drug-likeness (QED) is 0.493. The smallest absolute Gasteiger partial charge is 0.313 e. The fourth-order valence-corrected chi connectivity index (χ4v) is 3.17. The highest BCUT2D eigenvalue weighted by Gasteiger charge is 2.06. The van der Waals surface area contributed by atoms with Crippen molar-refractivity contribution in [1.29, 1.82) is 0 Å². The molecule has 1 heterocycles. The molecule has 0 spiro atoms. The first-order valence-corrected chi connectivity index (χ1v) is 8.98. The highest BCUT2D eigenvalue weighted by molar-refractivity contribution is 14.1. The van der Waals surface area contributed by atoms with Crippen LogP contribution >= 0.6 is 45.8 Å². The van der Waals surface area contributed by atoms with E-state index in [1.165, 1.54) is 0 Å². The van der Waals surface area contributed by atoms with Crippen LogP contribution in [0.25, 0.3) is 12.2 Å². The second-order valence-corrected chi connectivity index (χ2v) is 7.03. The second-order valence-electron chi connectivity index (χ2n) is 5.03. The van der Waals surface area contributed by atoms with Gasteiger partial charge in [0, 0.05) is 21.7 Å². The summed E-state index contributed by atoms with van der Waals surface area (Å²) in [5, 5.41) is 8.55. The zero-order chi connectivity index (χ0) is 17.8. The fraction of sp³-hybridized carbons (Fsp3) is 0.0588. The third-order valence-corrected chi connectivity index (χ3v) is 4.66. The highest BCUT2D eigenvalue weighted by Crippen LogP contribution is 2.26. The summed E-state index contributed by atoms with van der Waals surface area (Å²) in [6, 6.07) is 11.2. The molecule has 5 nitrogen and oxygen atoms in total. The number of hydrogen-bond donors (Lipinski definition) is 1. The Morgan fingerprint density at radius 1 is 1.12 bits per heavy atom. The zero-order valence-electron chi connectivity index (χ0n) is 12.7. The molecule has 0 saturated heterocycles. The number of ether oxygens (including phenoxy) is 1. The summed E-state index contributed by atoms with van der Waals surface area (Å²) in [4.78, 5) is 0. The largest absolute Gasteiger partial charge is 0.488 e. The normalized spacial score (nSPS) is 11.2. The molecule has 0 bridgehead atoms. The van der Waals surface area contributed by atoms with Crippen LogP contribution in [0, 0.1) is 3.57 Å². The van der Waals surface area contributed by atoms with Gasteiger partial charge in [-0.1, -0.05) is 40.4 Å². The number of nitrogen functional groups attached to an aromatic ring is 1. The number of anilines is 1. The molecule has 128 valence electrons. The molecule has 0 atom stereocenters. The number of hydrogen-bond acceptors (Lipinski definition) is 5. The molecule has 0 saturated carbocycles.